The second-order valence-corrected chi connectivity index (χ2v) is 8.03. The van der Waals surface area contributed by atoms with Crippen LogP contribution in [0.5, 0.6) is 0 Å². The summed E-state index contributed by atoms with van der Waals surface area (Å²) >= 11 is 0. The maximum atomic E-state index is 12.3. The lowest BCUT2D eigenvalue weighted by atomic mass is 9.75. The van der Waals surface area contributed by atoms with Gasteiger partial charge in [-0.05, 0) is 43.7 Å². The van der Waals surface area contributed by atoms with Gasteiger partial charge in [0.05, 0.1) is 0 Å². The van der Waals surface area contributed by atoms with E-state index in [-0.39, 0.29) is 10.9 Å². The topological polar surface area (TPSA) is 114 Å². The average molecular weight is 343 g/mol. The normalized spacial score (nSPS) is 25.0. The molecule has 0 aromatic carbocycles. The van der Waals surface area contributed by atoms with E-state index in [4.69, 9.17) is 4.42 Å². The lowest BCUT2D eigenvalue weighted by Crippen LogP contribution is -2.56. The first-order valence-corrected chi connectivity index (χ1v) is 9.43. The molecule has 1 aliphatic rings. The first kappa shape index (κ1) is 17.5. The minimum atomic E-state index is -3.55. The molecule has 2 rings (SSSR count). The Kier molecular flexibility index (Phi) is 4.84. The molecule has 0 atom stereocenters. The van der Waals surface area contributed by atoms with Crippen LogP contribution in [0.2, 0.25) is 0 Å². The standard InChI is InChI=1S/C15H21NO6S/c1-3-10-6-8-15(9-7-10,14(18)19)16-13(17)11-4-5-12(22-11)23(2,20)21/h4-5,10H,3,6-9H2,1-2H3,(H,16,17)(H,18,19). The van der Waals surface area contributed by atoms with E-state index in [1.807, 2.05) is 0 Å². The number of nitrogens with one attached hydrogen (secondary N) is 1. The fourth-order valence-corrected chi connectivity index (χ4v) is 3.45. The van der Waals surface area contributed by atoms with Crippen molar-refractivity contribution in [1.82, 2.24) is 5.32 Å². The van der Waals surface area contributed by atoms with Crippen LogP contribution in [0.25, 0.3) is 0 Å². The van der Waals surface area contributed by atoms with Gasteiger partial charge in [0, 0.05) is 6.26 Å². The number of sulfone groups is 1. The minimum Gasteiger partial charge on any atom is -0.480 e. The van der Waals surface area contributed by atoms with Crippen molar-refractivity contribution in [2.24, 2.45) is 5.92 Å². The maximum Gasteiger partial charge on any atom is 0.329 e. The molecule has 0 saturated heterocycles. The molecule has 0 radical (unpaired) electrons. The van der Waals surface area contributed by atoms with Crippen molar-refractivity contribution in [1.29, 1.82) is 0 Å². The molecule has 0 bridgehead atoms. The van der Waals surface area contributed by atoms with Crippen molar-refractivity contribution in [3.05, 3.63) is 17.9 Å². The molecule has 23 heavy (non-hydrogen) atoms. The Morgan fingerprint density at radius 1 is 1.35 bits per heavy atom. The van der Waals surface area contributed by atoms with Crippen LogP contribution in [0.3, 0.4) is 0 Å². The molecule has 1 aromatic heterocycles. The van der Waals surface area contributed by atoms with Gasteiger partial charge in [-0.3, -0.25) is 4.79 Å². The lowest BCUT2D eigenvalue weighted by molar-refractivity contribution is -0.146. The van der Waals surface area contributed by atoms with Gasteiger partial charge in [0.15, 0.2) is 5.76 Å². The molecule has 128 valence electrons. The summed E-state index contributed by atoms with van der Waals surface area (Å²) in [7, 11) is -3.55. The summed E-state index contributed by atoms with van der Waals surface area (Å²) in [4.78, 5) is 23.9. The van der Waals surface area contributed by atoms with Crippen LogP contribution in [-0.2, 0) is 14.6 Å². The number of hydrogen-bond acceptors (Lipinski definition) is 5. The Hall–Kier alpha value is -1.83. The zero-order chi connectivity index (χ0) is 17.3. The SMILES string of the molecule is CCC1CCC(NC(=O)c2ccc(S(C)(=O)=O)o2)(C(=O)O)CC1. The van der Waals surface area contributed by atoms with Crippen LogP contribution in [0.1, 0.15) is 49.6 Å². The maximum absolute atomic E-state index is 12.3. The molecule has 1 fully saturated rings. The number of rotatable bonds is 5. The Labute approximate surface area is 135 Å². The molecule has 7 nitrogen and oxygen atoms in total. The Bertz CT molecular complexity index is 697. The van der Waals surface area contributed by atoms with E-state index < -0.39 is 27.3 Å². The Morgan fingerprint density at radius 3 is 2.39 bits per heavy atom. The highest BCUT2D eigenvalue weighted by molar-refractivity contribution is 7.90. The van der Waals surface area contributed by atoms with Gasteiger partial charge in [0.25, 0.3) is 5.91 Å². The third kappa shape index (κ3) is 3.74. The van der Waals surface area contributed by atoms with E-state index in [9.17, 15) is 23.1 Å². The van der Waals surface area contributed by atoms with Crippen molar-refractivity contribution in [3.63, 3.8) is 0 Å². The summed E-state index contributed by atoms with van der Waals surface area (Å²) in [5.74, 6) is -1.52. The predicted octanol–water partition coefficient (Wildman–Crippen LogP) is 1.84. The first-order valence-electron chi connectivity index (χ1n) is 7.54. The van der Waals surface area contributed by atoms with E-state index in [1.54, 1.807) is 0 Å². The smallest absolute Gasteiger partial charge is 0.329 e. The van der Waals surface area contributed by atoms with Gasteiger partial charge in [0.2, 0.25) is 14.9 Å². The summed E-state index contributed by atoms with van der Waals surface area (Å²) in [6.45, 7) is 2.06. The molecule has 1 heterocycles. The van der Waals surface area contributed by atoms with Gasteiger partial charge in [-0.25, -0.2) is 13.2 Å². The van der Waals surface area contributed by atoms with Crippen LogP contribution >= 0.6 is 0 Å². The molecule has 8 heteroatoms. The van der Waals surface area contributed by atoms with Crippen molar-refractivity contribution in [3.8, 4) is 0 Å². The zero-order valence-electron chi connectivity index (χ0n) is 13.2. The van der Waals surface area contributed by atoms with E-state index in [1.165, 1.54) is 12.1 Å². The molecule has 1 amide bonds. The zero-order valence-corrected chi connectivity index (χ0v) is 14.0. The van der Waals surface area contributed by atoms with Crippen LogP contribution in [0, 0.1) is 5.92 Å². The van der Waals surface area contributed by atoms with E-state index >= 15 is 0 Å². The van der Waals surface area contributed by atoms with Crippen molar-refractivity contribution >= 4 is 21.7 Å². The number of hydrogen-bond donors (Lipinski definition) is 2. The quantitative estimate of drug-likeness (QED) is 0.843. The second kappa shape index (κ2) is 6.35. The van der Waals surface area contributed by atoms with Crippen LogP contribution in [0.4, 0.5) is 0 Å². The van der Waals surface area contributed by atoms with E-state index in [0.29, 0.717) is 18.8 Å². The monoisotopic (exact) mass is 343 g/mol. The third-order valence-corrected chi connectivity index (χ3v) is 5.42. The molecule has 0 aliphatic heterocycles. The van der Waals surface area contributed by atoms with Crippen LogP contribution in [0.15, 0.2) is 21.6 Å². The molecule has 1 aromatic rings. The highest BCUT2D eigenvalue weighted by atomic mass is 32.2. The number of amides is 1. The van der Waals surface area contributed by atoms with E-state index in [2.05, 4.69) is 12.2 Å². The van der Waals surface area contributed by atoms with Crippen LogP contribution < -0.4 is 5.32 Å². The molecule has 1 saturated carbocycles. The average Bonchev–Trinajstić information content (AvgIpc) is 2.98. The predicted molar refractivity (Wildman–Crippen MR) is 81.9 cm³/mol. The molecule has 1 aliphatic carbocycles. The highest BCUT2D eigenvalue weighted by Gasteiger charge is 2.43. The Balaban J connectivity index is 2.16. The van der Waals surface area contributed by atoms with Gasteiger partial charge >= 0.3 is 5.97 Å². The van der Waals surface area contributed by atoms with Gasteiger partial charge < -0.3 is 14.8 Å². The summed E-state index contributed by atoms with van der Waals surface area (Å²) < 4.78 is 27.8. The number of carbonyl (C=O) groups is 2. The fraction of sp³-hybridized carbons (Fsp3) is 0.600. The molecule has 0 spiro atoms. The van der Waals surface area contributed by atoms with Gasteiger partial charge in [-0.2, -0.15) is 0 Å². The minimum absolute atomic E-state index is 0.205. The summed E-state index contributed by atoms with van der Waals surface area (Å²) in [6.07, 6.45) is 4.13. The van der Waals surface area contributed by atoms with E-state index in [0.717, 1.165) is 25.5 Å². The second-order valence-electron chi connectivity index (χ2n) is 6.08. The number of carbonyl (C=O) groups excluding carboxylic acids is 1. The van der Waals surface area contributed by atoms with Gasteiger partial charge in [0.1, 0.15) is 5.54 Å². The fourth-order valence-electron chi connectivity index (χ4n) is 2.89. The largest absolute Gasteiger partial charge is 0.480 e. The summed E-state index contributed by atoms with van der Waals surface area (Å²) in [5.41, 5.74) is -1.32. The number of carboxylic acids is 1. The number of aliphatic carboxylic acids is 1. The van der Waals surface area contributed by atoms with Crippen molar-refractivity contribution in [2.75, 3.05) is 6.26 Å². The third-order valence-electron chi connectivity index (χ3n) is 4.47. The molecule has 2 N–H and O–H groups in total. The van der Waals surface area contributed by atoms with Crippen LogP contribution in [-0.4, -0.2) is 37.2 Å². The number of carboxylic acid groups (broad SMARTS) is 1. The number of furan rings is 1. The molecule has 0 unspecified atom stereocenters. The molecular formula is C15H21NO6S. The van der Waals surface area contributed by atoms with Gasteiger partial charge in [-0.15, -0.1) is 0 Å². The van der Waals surface area contributed by atoms with Gasteiger partial charge in [-0.1, -0.05) is 13.3 Å². The summed E-state index contributed by atoms with van der Waals surface area (Å²) in [6, 6.07) is 2.42. The van der Waals surface area contributed by atoms with Crippen molar-refractivity contribution in [2.45, 2.75) is 49.7 Å². The lowest BCUT2D eigenvalue weighted by Gasteiger charge is -2.36. The Morgan fingerprint density at radius 2 is 1.96 bits per heavy atom. The first-order chi connectivity index (χ1) is 10.7. The highest BCUT2D eigenvalue weighted by Crippen LogP contribution is 2.34. The summed E-state index contributed by atoms with van der Waals surface area (Å²) in [5, 5.41) is 11.7. The van der Waals surface area contributed by atoms with Crippen molar-refractivity contribution < 1.29 is 27.5 Å². The molecular weight excluding hydrogens is 322 g/mol.